The maximum Gasteiger partial charge on any atom is 0.245 e. The Balaban J connectivity index is 1.80. The van der Waals surface area contributed by atoms with Gasteiger partial charge in [-0.25, -0.2) is 0 Å². The first kappa shape index (κ1) is 13.3. The van der Waals surface area contributed by atoms with Gasteiger partial charge >= 0.3 is 0 Å². The lowest BCUT2D eigenvalue weighted by Crippen LogP contribution is -2.27. The minimum Gasteiger partial charge on any atom is -0.324 e. The number of nitrogens with two attached hydrogens (primary N) is 1. The first-order chi connectivity index (χ1) is 10.2. The van der Waals surface area contributed by atoms with Crippen LogP contribution in [0.1, 0.15) is 11.6 Å². The SMILES string of the molecule is N[C@@H](C(=O)Nc1ccc2ncccc2c1)c1ccccc1. The van der Waals surface area contributed by atoms with Crippen LogP contribution >= 0.6 is 0 Å². The summed E-state index contributed by atoms with van der Waals surface area (Å²) in [4.78, 5) is 16.4. The Bertz CT molecular complexity index is 771. The van der Waals surface area contributed by atoms with Gasteiger partial charge in [-0.15, -0.1) is 0 Å². The number of carbonyl (C=O) groups excluding carboxylic acids is 1. The predicted octanol–water partition coefficient (Wildman–Crippen LogP) is 2.87. The summed E-state index contributed by atoms with van der Waals surface area (Å²) in [6.45, 7) is 0. The molecule has 1 amide bonds. The molecule has 0 spiro atoms. The molecule has 4 nitrogen and oxygen atoms in total. The molecule has 1 atom stereocenters. The summed E-state index contributed by atoms with van der Waals surface area (Å²) in [5, 5.41) is 3.82. The van der Waals surface area contributed by atoms with Crippen molar-refractivity contribution in [1.82, 2.24) is 4.98 Å². The van der Waals surface area contributed by atoms with E-state index in [1.807, 2.05) is 60.7 Å². The van der Waals surface area contributed by atoms with Crippen LogP contribution < -0.4 is 11.1 Å². The third-order valence-corrected chi connectivity index (χ3v) is 3.31. The van der Waals surface area contributed by atoms with Crippen molar-refractivity contribution in [2.24, 2.45) is 5.73 Å². The second-order valence-corrected chi connectivity index (χ2v) is 4.79. The van der Waals surface area contributed by atoms with Gasteiger partial charge in [0.2, 0.25) is 5.91 Å². The lowest BCUT2D eigenvalue weighted by Gasteiger charge is -2.12. The molecule has 0 unspecified atom stereocenters. The third kappa shape index (κ3) is 2.90. The molecule has 0 aliphatic carbocycles. The van der Waals surface area contributed by atoms with Gasteiger partial charge in [0.15, 0.2) is 0 Å². The highest BCUT2D eigenvalue weighted by Crippen LogP contribution is 2.18. The average Bonchev–Trinajstić information content (AvgIpc) is 2.55. The van der Waals surface area contributed by atoms with Crippen molar-refractivity contribution in [3.63, 3.8) is 0 Å². The summed E-state index contributed by atoms with van der Waals surface area (Å²) in [6.07, 6.45) is 1.74. The van der Waals surface area contributed by atoms with Gasteiger partial charge in [0.1, 0.15) is 6.04 Å². The summed E-state index contributed by atoms with van der Waals surface area (Å²) < 4.78 is 0. The van der Waals surface area contributed by atoms with Gasteiger partial charge in [-0.3, -0.25) is 9.78 Å². The lowest BCUT2D eigenvalue weighted by atomic mass is 10.1. The van der Waals surface area contributed by atoms with Crippen LogP contribution in [0.15, 0.2) is 66.9 Å². The van der Waals surface area contributed by atoms with Gasteiger partial charge in [-0.1, -0.05) is 36.4 Å². The number of benzene rings is 2. The lowest BCUT2D eigenvalue weighted by molar-refractivity contribution is -0.117. The molecule has 104 valence electrons. The van der Waals surface area contributed by atoms with Crippen LogP contribution in [0.2, 0.25) is 0 Å². The summed E-state index contributed by atoms with van der Waals surface area (Å²) in [7, 11) is 0. The molecule has 0 aliphatic rings. The molecule has 0 saturated heterocycles. The number of anilines is 1. The van der Waals surface area contributed by atoms with Crippen LogP contribution in [0, 0.1) is 0 Å². The van der Waals surface area contributed by atoms with Crippen LogP contribution in [0.3, 0.4) is 0 Å². The number of fused-ring (bicyclic) bond motifs is 1. The van der Waals surface area contributed by atoms with E-state index >= 15 is 0 Å². The molecule has 21 heavy (non-hydrogen) atoms. The molecule has 3 N–H and O–H groups in total. The van der Waals surface area contributed by atoms with E-state index < -0.39 is 6.04 Å². The number of rotatable bonds is 3. The van der Waals surface area contributed by atoms with E-state index in [2.05, 4.69) is 10.3 Å². The van der Waals surface area contributed by atoms with Crippen molar-refractivity contribution in [3.05, 3.63) is 72.4 Å². The van der Waals surface area contributed by atoms with Gasteiger partial charge in [0.05, 0.1) is 5.52 Å². The topological polar surface area (TPSA) is 68.0 Å². The molecule has 0 radical (unpaired) electrons. The highest BCUT2D eigenvalue weighted by atomic mass is 16.2. The summed E-state index contributed by atoms with van der Waals surface area (Å²) in [5.41, 5.74) is 8.37. The number of aromatic nitrogens is 1. The molecule has 3 rings (SSSR count). The molecular formula is C17H15N3O. The second kappa shape index (κ2) is 5.73. The zero-order chi connectivity index (χ0) is 14.7. The van der Waals surface area contributed by atoms with Gasteiger partial charge in [0, 0.05) is 17.3 Å². The van der Waals surface area contributed by atoms with E-state index in [0.717, 1.165) is 16.5 Å². The molecule has 2 aromatic carbocycles. The Kier molecular flexibility index (Phi) is 3.62. The van der Waals surface area contributed by atoms with Crippen LogP contribution in [0.5, 0.6) is 0 Å². The van der Waals surface area contributed by atoms with Crippen LogP contribution in [0.4, 0.5) is 5.69 Å². The Hall–Kier alpha value is -2.72. The number of amides is 1. The smallest absolute Gasteiger partial charge is 0.245 e. The van der Waals surface area contributed by atoms with Crippen molar-refractivity contribution in [1.29, 1.82) is 0 Å². The molecule has 4 heteroatoms. The van der Waals surface area contributed by atoms with Crippen molar-refractivity contribution in [3.8, 4) is 0 Å². The molecular weight excluding hydrogens is 262 g/mol. The maximum absolute atomic E-state index is 12.2. The normalized spacial score (nSPS) is 12.0. The summed E-state index contributed by atoms with van der Waals surface area (Å²) >= 11 is 0. The number of nitrogens with zero attached hydrogens (tertiary/aromatic N) is 1. The predicted molar refractivity (Wildman–Crippen MR) is 83.7 cm³/mol. The van der Waals surface area contributed by atoms with Crippen molar-refractivity contribution >= 4 is 22.5 Å². The van der Waals surface area contributed by atoms with E-state index in [-0.39, 0.29) is 5.91 Å². The van der Waals surface area contributed by atoms with Gasteiger partial charge in [-0.2, -0.15) is 0 Å². The molecule has 0 fully saturated rings. The van der Waals surface area contributed by atoms with Crippen molar-refractivity contribution in [2.75, 3.05) is 5.32 Å². The Morgan fingerprint density at radius 2 is 1.86 bits per heavy atom. The number of carbonyl (C=O) groups is 1. The maximum atomic E-state index is 12.2. The van der Waals surface area contributed by atoms with Gasteiger partial charge < -0.3 is 11.1 Å². The van der Waals surface area contributed by atoms with E-state index in [1.165, 1.54) is 0 Å². The van der Waals surface area contributed by atoms with Crippen LogP contribution in [-0.2, 0) is 4.79 Å². The molecule has 3 aromatic rings. The molecule has 1 heterocycles. The van der Waals surface area contributed by atoms with E-state index in [1.54, 1.807) is 6.20 Å². The molecule has 0 bridgehead atoms. The van der Waals surface area contributed by atoms with Gasteiger partial charge in [0.25, 0.3) is 0 Å². The third-order valence-electron chi connectivity index (χ3n) is 3.31. The van der Waals surface area contributed by atoms with E-state index in [9.17, 15) is 4.79 Å². The number of pyridine rings is 1. The van der Waals surface area contributed by atoms with Gasteiger partial charge in [-0.05, 0) is 29.8 Å². The average molecular weight is 277 g/mol. The quantitative estimate of drug-likeness (QED) is 0.773. The second-order valence-electron chi connectivity index (χ2n) is 4.79. The Morgan fingerprint density at radius 3 is 2.67 bits per heavy atom. The molecule has 0 aliphatic heterocycles. The first-order valence-electron chi connectivity index (χ1n) is 6.70. The number of hydrogen-bond acceptors (Lipinski definition) is 3. The zero-order valence-electron chi connectivity index (χ0n) is 11.4. The fraction of sp³-hybridized carbons (Fsp3) is 0.0588. The highest BCUT2D eigenvalue weighted by molar-refractivity contribution is 5.97. The minimum atomic E-state index is -0.684. The highest BCUT2D eigenvalue weighted by Gasteiger charge is 2.15. The minimum absolute atomic E-state index is 0.232. The Labute approximate surface area is 122 Å². The van der Waals surface area contributed by atoms with Crippen molar-refractivity contribution < 1.29 is 4.79 Å². The van der Waals surface area contributed by atoms with E-state index in [4.69, 9.17) is 5.73 Å². The molecule has 0 saturated carbocycles. The van der Waals surface area contributed by atoms with Crippen LogP contribution in [-0.4, -0.2) is 10.9 Å². The standard InChI is InChI=1S/C17H15N3O/c18-16(12-5-2-1-3-6-12)17(21)20-14-8-9-15-13(11-14)7-4-10-19-15/h1-11,16H,18H2,(H,20,21)/t16-/m1/s1. The number of nitrogens with one attached hydrogen (secondary N) is 1. The number of hydrogen-bond donors (Lipinski definition) is 2. The van der Waals surface area contributed by atoms with Crippen molar-refractivity contribution in [2.45, 2.75) is 6.04 Å². The summed E-state index contributed by atoms with van der Waals surface area (Å²) in [6, 6.07) is 18.0. The largest absolute Gasteiger partial charge is 0.324 e. The van der Waals surface area contributed by atoms with Crippen LogP contribution in [0.25, 0.3) is 10.9 Å². The first-order valence-corrected chi connectivity index (χ1v) is 6.70. The van der Waals surface area contributed by atoms with E-state index in [0.29, 0.717) is 5.69 Å². The fourth-order valence-electron chi connectivity index (χ4n) is 2.19. The monoisotopic (exact) mass is 277 g/mol. The fourth-order valence-corrected chi connectivity index (χ4v) is 2.19. The zero-order valence-corrected chi connectivity index (χ0v) is 11.4. The molecule has 1 aromatic heterocycles. The Morgan fingerprint density at radius 1 is 1.05 bits per heavy atom. The summed E-state index contributed by atoms with van der Waals surface area (Å²) in [5.74, 6) is -0.232.